The van der Waals surface area contributed by atoms with Crippen molar-refractivity contribution >= 4 is 11.9 Å². The minimum Gasteiger partial charge on any atom is -0.461 e. The monoisotopic (exact) mass is 272 g/mol. The molecule has 0 aliphatic heterocycles. The van der Waals surface area contributed by atoms with Crippen LogP contribution >= 0.6 is 0 Å². The van der Waals surface area contributed by atoms with Crippen LogP contribution in [0.2, 0.25) is 0 Å². The number of aromatic nitrogens is 3. The summed E-state index contributed by atoms with van der Waals surface area (Å²) in [7, 11) is 0. The fourth-order valence-electron chi connectivity index (χ4n) is 1.09. The Morgan fingerprint density at radius 3 is 2.47 bits per heavy atom. The second-order valence-electron chi connectivity index (χ2n) is 4.58. The molecule has 1 aromatic rings. The summed E-state index contributed by atoms with van der Waals surface area (Å²) in [5, 5.41) is 21.4. The average molecular weight is 272 g/mol. The van der Waals surface area contributed by atoms with E-state index in [1.54, 1.807) is 0 Å². The van der Waals surface area contributed by atoms with E-state index >= 15 is 0 Å². The van der Waals surface area contributed by atoms with Gasteiger partial charge in [0.25, 0.3) is 0 Å². The number of anilines is 2. The minimum atomic E-state index is -1.28. The predicted octanol–water partition coefficient (Wildman–Crippen LogP) is -0.900. The molecular formula is C10H20N6O3. The van der Waals surface area contributed by atoms with Gasteiger partial charge in [-0.1, -0.05) is 0 Å². The molecule has 0 fully saturated rings. The Morgan fingerprint density at radius 1 is 1.32 bits per heavy atom. The topological polar surface area (TPSA) is 138 Å². The molecule has 0 saturated carbocycles. The number of ether oxygens (including phenoxy) is 1. The Hall–Kier alpha value is -1.71. The molecular weight excluding hydrogens is 252 g/mol. The van der Waals surface area contributed by atoms with Crippen LogP contribution in [0.5, 0.6) is 6.01 Å². The molecule has 9 heteroatoms. The maximum atomic E-state index is 9.67. The van der Waals surface area contributed by atoms with Crippen LogP contribution in [0.4, 0.5) is 11.9 Å². The Morgan fingerprint density at radius 2 is 1.95 bits per heavy atom. The third kappa shape index (κ3) is 5.20. The summed E-state index contributed by atoms with van der Waals surface area (Å²) in [4.78, 5) is 11.9. The average Bonchev–Trinajstić information content (AvgIpc) is 2.35. The van der Waals surface area contributed by atoms with E-state index < -0.39 is 5.60 Å². The first kappa shape index (κ1) is 15.3. The summed E-state index contributed by atoms with van der Waals surface area (Å²) in [6.07, 6.45) is -0.0959. The summed E-state index contributed by atoms with van der Waals surface area (Å²) >= 11 is 0. The van der Waals surface area contributed by atoms with Crippen LogP contribution in [0.15, 0.2) is 0 Å². The minimum absolute atomic E-state index is 0.0681. The van der Waals surface area contributed by atoms with Gasteiger partial charge in [-0.3, -0.25) is 5.43 Å². The predicted molar refractivity (Wildman–Crippen MR) is 69.6 cm³/mol. The number of nitrogens with zero attached hydrogens (tertiary/aromatic N) is 3. The molecule has 1 heterocycles. The lowest BCUT2D eigenvalue weighted by Crippen LogP contribution is -2.37. The molecule has 0 aromatic carbocycles. The first-order valence-corrected chi connectivity index (χ1v) is 5.83. The first-order valence-electron chi connectivity index (χ1n) is 5.83. The second kappa shape index (κ2) is 6.45. The number of hydrogen-bond donors (Lipinski definition) is 5. The third-order valence-corrected chi connectivity index (χ3v) is 2.05. The summed E-state index contributed by atoms with van der Waals surface area (Å²) in [5.41, 5.74) is 1.02. The van der Waals surface area contributed by atoms with E-state index in [2.05, 4.69) is 25.7 Å². The molecule has 1 aromatic heterocycles. The van der Waals surface area contributed by atoms with E-state index in [1.807, 2.05) is 13.8 Å². The van der Waals surface area contributed by atoms with Crippen LogP contribution in [0, 0.1) is 0 Å². The zero-order valence-electron chi connectivity index (χ0n) is 11.2. The number of nitrogens with two attached hydrogens (primary N) is 1. The molecule has 0 aliphatic rings. The van der Waals surface area contributed by atoms with E-state index in [0.717, 1.165) is 0 Å². The fraction of sp³-hybridized carbons (Fsp3) is 0.700. The molecule has 1 rings (SSSR count). The van der Waals surface area contributed by atoms with Gasteiger partial charge in [0.1, 0.15) is 5.60 Å². The summed E-state index contributed by atoms with van der Waals surface area (Å²) in [6, 6.07) is 0.115. The summed E-state index contributed by atoms with van der Waals surface area (Å²) in [5.74, 6) is 5.57. The van der Waals surface area contributed by atoms with Crippen LogP contribution in [0.25, 0.3) is 0 Å². The number of aliphatic hydroxyl groups excluding tert-OH is 1. The zero-order valence-corrected chi connectivity index (χ0v) is 11.2. The molecule has 19 heavy (non-hydrogen) atoms. The van der Waals surface area contributed by atoms with Crippen molar-refractivity contribution in [3.05, 3.63) is 0 Å². The number of hydrazine groups is 1. The number of nitrogen functional groups attached to an aromatic ring is 1. The highest BCUT2D eigenvalue weighted by molar-refractivity contribution is 5.35. The van der Waals surface area contributed by atoms with Gasteiger partial charge in [-0.05, 0) is 20.8 Å². The van der Waals surface area contributed by atoms with Gasteiger partial charge in [-0.2, -0.15) is 15.0 Å². The van der Waals surface area contributed by atoms with E-state index in [4.69, 9.17) is 15.7 Å². The van der Waals surface area contributed by atoms with E-state index in [1.165, 1.54) is 6.92 Å². The van der Waals surface area contributed by atoms with Gasteiger partial charge in [0.2, 0.25) is 11.9 Å². The number of rotatable bonds is 7. The van der Waals surface area contributed by atoms with Crippen molar-refractivity contribution in [3.63, 3.8) is 0 Å². The van der Waals surface area contributed by atoms with Crippen LogP contribution in [-0.2, 0) is 0 Å². The highest BCUT2D eigenvalue weighted by Crippen LogP contribution is 2.12. The standard InChI is InChI=1S/C10H20N6O3/c1-6(2)19-9-14-7(13-8(15-9)16-11)12-4-10(3,18)5-17/h6,17-18H,4-5,11H2,1-3H3,(H2,12,13,14,15,16). The molecule has 108 valence electrons. The lowest BCUT2D eigenvalue weighted by atomic mass is 10.1. The molecule has 1 unspecified atom stereocenters. The van der Waals surface area contributed by atoms with Gasteiger partial charge in [0.15, 0.2) is 0 Å². The zero-order chi connectivity index (χ0) is 14.5. The number of nitrogens with one attached hydrogen (secondary N) is 2. The maximum absolute atomic E-state index is 9.67. The Bertz CT molecular complexity index is 412. The van der Waals surface area contributed by atoms with E-state index in [9.17, 15) is 5.11 Å². The van der Waals surface area contributed by atoms with E-state index in [0.29, 0.717) is 0 Å². The van der Waals surface area contributed by atoms with Crippen molar-refractivity contribution in [2.45, 2.75) is 32.5 Å². The molecule has 0 saturated heterocycles. The molecule has 1 atom stereocenters. The molecule has 0 aliphatic carbocycles. The molecule has 9 nitrogen and oxygen atoms in total. The third-order valence-electron chi connectivity index (χ3n) is 2.05. The summed E-state index contributed by atoms with van der Waals surface area (Å²) in [6.45, 7) is 4.84. The fourth-order valence-corrected chi connectivity index (χ4v) is 1.09. The van der Waals surface area contributed by atoms with Crippen LogP contribution in [-0.4, -0.2) is 50.0 Å². The van der Waals surface area contributed by atoms with Crippen molar-refractivity contribution in [2.75, 3.05) is 23.9 Å². The van der Waals surface area contributed by atoms with Crippen molar-refractivity contribution in [2.24, 2.45) is 5.84 Å². The Balaban J connectivity index is 2.82. The van der Waals surface area contributed by atoms with Gasteiger partial charge < -0.3 is 20.3 Å². The number of aliphatic hydroxyl groups is 2. The van der Waals surface area contributed by atoms with Gasteiger partial charge in [0, 0.05) is 6.54 Å². The lowest BCUT2D eigenvalue weighted by Gasteiger charge is -2.20. The Kier molecular flexibility index (Phi) is 5.21. The van der Waals surface area contributed by atoms with Crippen molar-refractivity contribution in [1.29, 1.82) is 0 Å². The van der Waals surface area contributed by atoms with Crippen LogP contribution in [0.1, 0.15) is 20.8 Å². The molecule has 0 bridgehead atoms. The SMILES string of the molecule is CC(C)Oc1nc(NN)nc(NCC(C)(O)CO)n1. The van der Waals surface area contributed by atoms with Gasteiger partial charge in [-0.15, -0.1) is 0 Å². The summed E-state index contributed by atoms with van der Waals surface area (Å²) < 4.78 is 5.35. The molecule has 6 N–H and O–H groups in total. The largest absolute Gasteiger partial charge is 0.461 e. The first-order chi connectivity index (χ1) is 8.86. The van der Waals surface area contributed by atoms with E-state index in [-0.39, 0.29) is 37.2 Å². The van der Waals surface area contributed by atoms with Gasteiger partial charge in [-0.25, -0.2) is 5.84 Å². The number of hydrogen-bond acceptors (Lipinski definition) is 9. The lowest BCUT2D eigenvalue weighted by molar-refractivity contribution is 0.0131. The molecule has 0 amide bonds. The quantitative estimate of drug-likeness (QED) is 0.315. The van der Waals surface area contributed by atoms with Gasteiger partial charge in [0.05, 0.1) is 12.7 Å². The van der Waals surface area contributed by atoms with Crippen LogP contribution in [0.3, 0.4) is 0 Å². The molecule has 0 radical (unpaired) electrons. The van der Waals surface area contributed by atoms with Crippen molar-refractivity contribution in [3.8, 4) is 6.01 Å². The normalized spacial score (nSPS) is 14.1. The Labute approximate surface area is 111 Å². The smallest absolute Gasteiger partial charge is 0.323 e. The van der Waals surface area contributed by atoms with Crippen LogP contribution < -0.4 is 21.3 Å². The van der Waals surface area contributed by atoms with Crippen molar-refractivity contribution < 1.29 is 14.9 Å². The second-order valence-corrected chi connectivity index (χ2v) is 4.58. The van der Waals surface area contributed by atoms with Crippen molar-refractivity contribution in [1.82, 2.24) is 15.0 Å². The highest BCUT2D eigenvalue weighted by atomic mass is 16.5. The highest BCUT2D eigenvalue weighted by Gasteiger charge is 2.19. The maximum Gasteiger partial charge on any atom is 0.323 e. The molecule has 0 spiro atoms. The van der Waals surface area contributed by atoms with Gasteiger partial charge >= 0.3 is 6.01 Å².